The maximum absolute atomic E-state index is 12.6. The van der Waals surface area contributed by atoms with E-state index in [4.69, 9.17) is 11.6 Å². The number of anilines is 2. The second kappa shape index (κ2) is 7.81. The number of carboxylic acid groups (broad SMARTS) is 1. The quantitative estimate of drug-likeness (QED) is 0.390. The molecule has 7 heteroatoms. The van der Waals surface area contributed by atoms with Crippen LogP contribution in [0.15, 0.2) is 60.7 Å². The molecule has 1 aliphatic rings. The van der Waals surface area contributed by atoms with Crippen LogP contribution in [-0.2, 0) is 4.79 Å². The third-order valence-electron chi connectivity index (χ3n) is 5.17. The number of carbonyl (C=O) groups excluding carboxylic acids is 1. The van der Waals surface area contributed by atoms with Gasteiger partial charge in [-0.25, -0.2) is 4.79 Å². The van der Waals surface area contributed by atoms with Crippen molar-refractivity contribution in [2.75, 3.05) is 24.3 Å². The fourth-order valence-electron chi connectivity index (χ4n) is 3.53. The van der Waals surface area contributed by atoms with E-state index in [1.807, 2.05) is 43.3 Å². The van der Waals surface area contributed by atoms with Crippen LogP contribution in [0.3, 0.4) is 0 Å². The first-order chi connectivity index (χ1) is 14.8. The predicted molar refractivity (Wildman–Crippen MR) is 123 cm³/mol. The first-order valence-corrected chi connectivity index (χ1v) is 9.84. The second-order valence-electron chi connectivity index (χ2n) is 7.38. The number of hydrogen-bond donors (Lipinski definition) is 3. The van der Waals surface area contributed by atoms with Gasteiger partial charge in [-0.15, -0.1) is 0 Å². The molecular formula is C24H19ClN2O4. The number of nitrogens with one attached hydrogen (secondary N) is 1. The summed E-state index contributed by atoms with van der Waals surface area (Å²) in [6.45, 7) is 0. The molecule has 1 aliphatic heterocycles. The van der Waals surface area contributed by atoms with E-state index in [1.54, 1.807) is 18.2 Å². The number of nitrogens with zero attached hydrogens (tertiary/aromatic N) is 1. The molecule has 3 aromatic rings. The smallest absolute Gasteiger partial charge is 0.335 e. The summed E-state index contributed by atoms with van der Waals surface area (Å²) in [6.07, 6.45) is 0. The number of aliphatic hydroxyl groups is 1. The summed E-state index contributed by atoms with van der Waals surface area (Å²) >= 11 is 6.49. The van der Waals surface area contributed by atoms with E-state index >= 15 is 0 Å². The summed E-state index contributed by atoms with van der Waals surface area (Å²) in [5.41, 5.74) is 3.93. The monoisotopic (exact) mass is 434 g/mol. The van der Waals surface area contributed by atoms with Gasteiger partial charge in [-0.05, 0) is 42.0 Å². The van der Waals surface area contributed by atoms with E-state index < -0.39 is 11.9 Å². The van der Waals surface area contributed by atoms with Crippen LogP contribution in [0.2, 0.25) is 5.02 Å². The molecule has 3 N–H and O–H groups in total. The molecule has 31 heavy (non-hydrogen) atoms. The van der Waals surface area contributed by atoms with Crippen LogP contribution in [0.5, 0.6) is 0 Å². The SMILES string of the molecule is CN(C)c1ccc(-c2cc3c(cc2Cl)NC(=O)C3=C(O)c2cccc(C(=O)O)c2)cc1. The highest BCUT2D eigenvalue weighted by Crippen LogP contribution is 2.42. The van der Waals surface area contributed by atoms with E-state index in [0.29, 0.717) is 21.8 Å². The Hall–Kier alpha value is -3.77. The zero-order valence-electron chi connectivity index (χ0n) is 16.8. The summed E-state index contributed by atoms with van der Waals surface area (Å²) in [4.78, 5) is 25.9. The zero-order valence-corrected chi connectivity index (χ0v) is 17.6. The van der Waals surface area contributed by atoms with Gasteiger partial charge in [0.1, 0.15) is 5.76 Å². The molecule has 4 rings (SSSR count). The number of carboxylic acids is 1. The molecule has 1 heterocycles. The fourth-order valence-corrected chi connectivity index (χ4v) is 3.80. The average molecular weight is 435 g/mol. The molecular weight excluding hydrogens is 416 g/mol. The summed E-state index contributed by atoms with van der Waals surface area (Å²) in [5, 5.41) is 23.3. The van der Waals surface area contributed by atoms with Crippen molar-refractivity contribution >= 4 is 46.2 Å². The van der Waals surface area contributed by atoms with Gasteiger partial charge in [0.15, 0.2) is 0 Å². The van der Waals surface area contributed by atoms with Crippen molar-refractivity contribution in [2.45, 2.75) is 0 Å². The minimum Gasteiger partial charge on any atom is -0.506 e. The lowest BCUT2D eigenvalue weighted by Gasteiger charge is -2.14. The number of benzene rings is 3. The minimum absolute atomic E-state index is 0.0149. The molecule has 0 fully saturated rings. The van der Waals surface area contributed by atoms with E-state index in [2.05, 4.69) is 5.32 Å². The van der Waals surface area contributed by atoms with Crippen LogP contribution in [0.1, 0.15) is 21.5 Å². The molecule has 0 saturated heterocycles. The Bertz CT molecular complexity index is 1250. The van der Waals surface area contributed by atoms with Gasteiger partial charge in [0.2, 0.25) is 0 Å². The molecule has 156 valence electrons. The maximum Gasteiger partial charge on any atom is 0.335 e. The van der Waals surface area contributed by atoms with Gasteiger partial charge in [0.05, 0.1) is 21.8 Å². The van der Waals surface area contributed by atoms with E-state index in [0.717, 1.165) is 11.3 Å². The van der Waals surface area contributed by atoms with Gasteiger partial charge in [-0.2, -0.15) is 0 Å². The highest BCUT2D eigenvalue weighted by Gasteiger charge is 2.30. The summed E-state index contributed by atoms with van der Waals surface area (Å²) < 4.78 is 0. The number of amides is 1. The topological polar surface area (TPSA) is 89.9 Å². The van der Waals surface area contributed by atoms with Gasteiger partial charge in [0.25, 0.3) is 5.91 Å². The van der Waals surface area contributed by atoms with Gasteiger partial charge in [0, 0.05) is 36.5 Å². The lowest BCUT2D eigenvalue weighted by Crippen LogP contribution is -2.07. The Morgan fingerprint density at radius 3 is 2.26 bits per heavy atom. The Labute approximate surface area is 184 Å². The van der Waals surface area contributed by atoms with Crippen molar-refractivity contribution in [1.82, 2.24) is 0 Å². The Balaban J connectivity index is 1.84. The summed E-state index contributed by atoms with van der Waals surface area (Å²) in [6, 6.07) is 17.0. The van der Waals surface area contributed by atoms with Crippen molar-refractivity contribution in [3.05, 3.63) is 82.4 Å². The van der Waals surface area contributed by atoms with Gasteiger partial charge >= 0.3 is 5.97 Å². The highest BCUT2D eigenvalue weighted by molar-refractivity contribution is 6.38. The van der Waals surface area contributed by atoms with Crippen LogP contribution < -0.4 is 10.2 Å². The predicted octanol–water partition coefficient (Wildman–Crippen LogP) is 5.15. The molecule has 6 nitrogen and oxygen atoms in total. The zero-order chi connectivity index (χ0) is 22.3. The number of carbonyl (C=O) groups is 2. The standard InChI is InChI=1S/C24H19ClN2O4/c1-27(2)16-8-6-13(7-9-16)17-11-18-20(12-19(17)25)26-23(29)21(18)22(28)14-4-3-5-15(10-14)24(30)31/h3-12,28H,1-2H3,(H,26,29)(H,30,31). The molecule has 0 bridgehead atoms. The number of halogens is 1. The molecule has 3 aromatic carbocycles. The Morgan fingerprint density at radius 2 is 1.61 bits per heavy atom. The van der Waals surface area contributed by atoms with E-state index in [1.165, 1.54) is 18.2 Å². The number of hydrogen-bond acceptors (Lipinski definition) is 4. The average Bonchev–Trinajstić information content (AvgIpc) is 3.07. The highest BCUT2D eigenvalue weighted by atomic mass is 35.5. The van der Waals surface area contributed by atoms with Crippen LogP contribution in [0.4, 0.5) is 11.4 Å². The first-order valence-electron chi connectivity index (χ1n) is 9.46. The third-order valence-corrected chi connectivity index (χ3v) is 5.48. The van der Waals surface area contributed by atoms with Gasteiger partial charge in [-0.1, -0.05) is 35.9 Å². The van der Waals surface area contributed by atoms with Crippen molar-refractivity contribution in [2.24, 2.45) is 0 Å². The van der Waals surface area contributed by atoms with Crippen LogP contribution in [0, 0.1) is 0 Å². The van der Waals surface area contributed by atoms with E-state index in [9.17, 15) is 19.8 Å². The molecule has 0 atom stereocenters. The summed E-state index contributed by atoms with van der Waals surface area (Å²) in [7, 11) is 3.90. The number of fused-ring (bicyclic) bond motifs is 1. The normalized spacial score (nSPS) is 14.1. The molecule has 0 unspecified atom stereocenters. The van der Waals surface area contributed by atoms with Crippen LogP contribution in [-0.4, -0.2) is 36.2 Å². The molecule has 0 radical (unpaired) electrons. The molecule has 0 spiro atoms. The number of aromatic carboxylic acids is 1. The van der Waals surface area contributed by atoms with Crippen molar-refractivity contribution in [3.8, 4) is 11.1 Å². The van der Waals surface area contributed by atoms with E-state index in [-0.39, 0.29) is 22.5 Å². The molecule has 0 aromatic heterocycles. The van der Waals surface area contributed by atoms with Crippen molar-refractivity contribution < 1.29 is 19.8 Å². The third kappa shape index (κ3) is 3.73. The van der Waals surface area contributed by atoms with Crippen LogP contribution >= 0.6 is 11.6 Å². The largest absolute Gasteiger partial charge is 0.506 e. The Morgan fingerprint density at radius 1 is 0.935 bits per heavy atom. The first kappa shape index (κ1) is 20.5. The van der Waals surface area contributed by atoms with Crippen LogP contribution in [0.25, 0.3) is 22.5 Å². The lowest BCUT2D eigenvalue weighted by atomic mass is 9.96. The van der Waals surface area contributed by atoms with Gasteiger partial charge < -0.3 is 20.4 Å². The Kier molecular flexibility index (Phi) is 5.17. The van der Waals surface area contributed by atoms with Gasteiger partial charge in [-0.3, -0.25) is 4.79 Å². The lowest BCUT2D eigenvalue weighted by molar-refractivity contribution is -0.110. The number of rotatable bonds is 4. The van der Waals surface area contributed by atoms with Crippen molar-refractivity contribution in [1.29, 1.82) is 0 Å². The number of aliphatic hydroxyl groups excluding tert-OH is 1. The minimum atomic E-state index is -1.12. The summed E-state index contributed by atoms with van der Waals surface area (Å²) in [5.74, 6) is -1.90. The molecule has 0 aliphatic carbocycles. The fraction of sp³-hybridized carbons (Fsp3) is 0.0833. The second-order valence-corrected chi connectivity index (χ2v) is 7.79. The molecule has 0 saturated carbocycles. The molecule has 1 amide bonds. The van der Waals surface area contributed by atoms with Crippen molar-refractivity contribution in [3.63, 3.8) is 0 Å². The maximum atomic E-state index is 12.6.